The highest BCUT2D eigenvalue weighted by atomic mass is 16.5. The maximum Gasteiger partial charge on any atom is 0.260 e. The van der Waals surface area contributed by atoms with Gasteiger partial charge in [0, 0.05) is 19.2 Å². The van der Waals surface area contributed by atoms with E-state index in [0.717, 1.165) is 25.9 Å². The molecule has 1 aliphatic heterocycles. The Morgan fingerprint density at radius 2 is 1.90 bits per heavy atom. The molecule has 0 unspecified atom stereocenters. The predicted octanol–water partition coefficient (Wildman–Crippen LogP) is 2.29. The molecular formula is C16H21NO4. The molecule has 1 amide bonds. The van der Waals surface area contributed by atoms with Crippen LogP contribution in [0.25, 0.3) is 0 Å². The van der Waals surface area contributed by atoms with Crippen molar-refractivity contribution in [1.82, 2.24) is 4.90 Å². The summed E-state index contributed by atoms with van der Waals surface area (Å²) in [5.74, 6) is 0.859. The first-order valence-electron chi connectivity index (χ1n) is 7.21. The van der Waals surface area contributed by atoms with E-state index in [9.17, 15) is 9.59 Å². The maximum absolute atomic E-state index is 12.1. The Bertz CT molecular complexity index is 521. The van der Waals surface area contributed by atoms with Crippen LogP contribution in [0, 0.1) is 0 Å². The summed E-state index contributed by atoms with van der Waals surface area (Å²) in [6.07, 6.45) is 3.27. The number of hydrogen-bond acceptors (Lipinski definition) is 4. The molecule has 1 heterocycles. The van der Waals surface area contributed by atoms with Crippen LogP contribution in [0.2, 0.25) is 0 Å². The molecule has 1 aromatic rings. The molecule has 0 spiro atoms. The highest BCUT2D eigenvalue weighted by molar-refractivity contribution is 5.97. The van der Waals surface area contributed by atoms with Gasteiger partial charge >= 0.3 is 0 Å². The molecule has 1 fully saturated rings. The summed E-state index contributed by atoms with van der Waals surface area (Å²) in [5, 5.41) is 0. The standard InChI is InChI=1S/C16H21NO4/c1-12(18)14-7-6-13(20-2)10-15(14)21-11-16(19)17-8-4-3-5-9-17/h6-7,10H,3-5,8-9,11H2,1-2H3. The average molecular weight is 291 g/mol. The minimum atomic E-state index is -0.0990. The maximum atomic E-state index is 12.1. The van der Waals surface area contributed by atoms with E-state index in [1.54, 1.807) is 25.3 Å². The van der Waals surface area contributed by atoms with E-state index in [2.05, 4.69) is 0 Å². The van der Waals surface area contributed by atoms with Crippen molar-refractivity contribution >= 4 is 11.7 Å². The number of hydrogen-bond donors (Lipinski definition) is 0. The van der Waals surface area contributed by atoms with Gasteiger partial charge < -0.3 is 14.4 Å². The molecule has 1 aromatic carbocycles. The number of Topliss-reactive ketones (excluding diaryl/α,β-unsaturated/α-hetero) is 1. The Hall–Kier alpha value is -2.04. The second kappa shape index (κ2) is 7.11. The molecule has 1 saturated heterocycles. The van der Waals surface area contributed by atoms with Gasteiger partial charge in [0.1, 0.15) is 11.5 Å². The number of carbonyl (C=O) groups is 2. The van der Waals surface area contributed by atoms with E-state index in [1.165, 1.54) is 13.3 Å². The van der Waals surface area contributed by atoms with E-state index < -0.39 is 0 Å². The van der Waals surface area contributed by atoms with E-state index >= 15 is 0 Å². The van der Waals surface area contributed by atoms with Gasteiger partial charge in [-0.2, -0.15) is 0 Å². The van der Waals surface area contributed by atoms with Crippen molar-refractivity contribution in [3.63, 3.8) is 0 Å². The Labute approximate surface area is 124 Å². The van der Waals surface area contributed by atoms with Crippen LogP contribution < -0.4 is 9.47 Å². The lowest BCUT2D eigenvalue weighted by Gasteiger charge is -2.26. The first kappa shape index (κ1) is 15.4. The van der Waals surface area contributed by atoms with Crippen LogP contribution >= 0.6 is 0 Å². The zero-order valence-electron chi connectivity index (χ0n) is 12.6. The van der Waals surface area contributed by atoms with E-state index in [-0.39, 0.29) is 18.3 Å². The molecule has 0 atom stereocenters. The molecule has 5 heteroatoms. The SMILES string of the molecule is COc1ccc(C(C)=O)c(OCC(=O)N2CCCCC2)c1. The summed E-state index contributed by atoms with van der Waals surface area (Å²) in [5.41, 5.74) is 0.460. The predicted molar refractivity (Wildman–Crippen MR) is 78.9 cm³/mol. The summed E-state index contributed by atoms with van der Waals surface area (Å²) in [6, 6.07) is 5.00. The summed E-state index contributed by atoms with van der Waals surface area (Å²) in [4.78, 5) is 25.5. The molecule has 0 radical (unpaired) electrons. The normalized spacial score (nSPS) is 14.7. The van der Waals surface area contributed by atoms with E-state index in [1.807, 2.05) is 4.90 Å². The third-order valence-corrected chi connectivity index (χ3v) is 3.63. The first-order valence-corrected chi connectivity index (χ1v) is 7.21. The minimum absolute atomic E-state index is 0.0352. The van der Waals surface area contributed by atoms with Gasteiger partial charge in [-0.15, -0.1) is 0 Å². The number of carbonyl (C=O) groups excluding carboxylic acids is 2. The second-order valence-corrected chi connectivity index (χ2v) is 5.15. The zero-order valence-corrected chi connectivity index (χ0v) is 12.6. The largest absolute Gasteiger partial charge is 0.497 e. The van der Waals surface area contributed by atoms with Crippen molar-refractivity contribution in [3.8, 4) is 11.5 Å². The summed E-state index contributed by atoms with van der Waals surface area (Å²) < 4.78 is 10.7. The second-order valence-electron chi connectivity index (χ2n) is 5.15. The molecule has 0 N–H and O–H groups in total. The Morgan fingerprint density at radius 3 is 2.52 bits per heavy atom. The quantitative estimate of drug-likeness (QED) is 0.781. The molecule has 21 heavy (non-hydrogen) atoms. The number of benzene rings is 1. The van der Waals surface area contributed by atoms with Crippen LogP contribution in [0.5, 0.6) is 11.5 Å². The molecule has 1 aliphatic rings. The summed E-state index contributed by atoms with van der Waals surface area (Å²) in [7, 11) is 1.55. The van der Waals surface area contributed by atoms with Gasteiger partial charge in [-0.3, -0.25) is 9.59 Å². The van der Waals surface area contributed by atoms with Crippen LogP contribution in [0.4, 0.5) is 0 Å². The fourth-order valence-electron chi connectivity index (χ4n) is 2.41. The molecule has 2 rings (SSSR count). The van der Waals surface area contributed by atoms with Gasteiger partial charge in [0.25, 0.3) is 5.91 Å². The van der Waals surface area contributed by atoms with Gasteiger partial charge in [-0.05, 0) is 38.3 Å². The van der Waals surface area contributed by atoms with E-state index in [0.29, 0.717) is 17.1 Å². The molecule has 114 valence electrons. The highest BCUT2D eigenvalue weighted by Crippen LogP contribution is 2.25. The monoisotopic (exact) mass is 291 g/mol. The number of methoxy groups -OCH3 is 1. The Morgan fingerprint density at radius 1 is 1.19 bits per heavy atom. The lowest BCUT2D eigenvalue weighted by molar-refractivity contribution is -0.134. The Balaban J connectivity index is 2.04. The van der Waals surface area contributed by atoms with Crippen molar-refractivity contribution in [1.29, 1.82) is 0 Å². The van der Waals surface area contributed by atoms with Gasteiger partial charge in [0.15, 0.2) is 12.4 Å². The molecule has 0 saturated carbocycles. The topological polar surface area (TPSA) is 55.8 Å². The van der Waals surface area contributed by atoms with Gasteiger partial charge in [-0.25, -0.2) is 0 Å². The average Bonchev–Trinajstić information content (AvgIpc) is 2.52. The van der Waals surface area contributed by atoms with Gasteiger partial charge in [0.2, 0.25) is 0 Å². The van der Waals surface area contributed by atoms with Crippen LogP contribution in [0.15, 0.2) is 18.2 Å². The fraction of sp³-hybridized carbons (Fsp3) is 0.500. The third-order valence-electron chi connectivity index (χ3n) is 3.63. The van der Waals surface area contributed by atoms with Crippen LogP contribution in [0.1, 0.15) is 36.5 Å². The number of ether oxygens (including phenoxy) is 2. The molecule has 0 aromatic heterocycles. The number of rotatable bonds is 5. The molecule has 5 nitrogen and oxygen atoms in total. The number of likely N-dealkylation sites (tertiary alicyclic amines) is 1. The smallest absolute Gasteiger partial charge is 0.260 e. The summed E-state index contributed by atoms with van der Waals surface area (Å²) >= 11 is 0. The molecule has 0 bridgehead atoms. The fourth-order valence-corrected chi connectivity index (χ4v) is 2.41. The molecule has 0 aliphatic carbocycles. The number of nitrogens with zero attached hydrogens (tertiary/aromatic N) is 1. The van der Waals surface area contributed by atoms with Crippen LogP contribution in [-0.4, -0.2) is 43.4 Å². The summed E-state index contributed by atoms with van der Waals surface area (Å²) in [6.45, 7) is 3.01. The molecular weight excluding hydrogens is 270 g/mol. The Kier molecular flexibility index (Phi) is 5.20. The van der Waals surface area contributed by atoms with Gasteiger partial charge in [0.05, 0.1) is 12.7 Å². The number of piperidine rings is 1. The van der Waals surface area contributed by atoms with E-state index in [4.69, 9.17) is 9.47 Å². The van der Waals surface area contributed by atoms with Crippen molar-refractivity contribution in [2.75, 3.05) is 26.8 Å². The van der Waals surface area contributed by atoms with Crippen molar-refractivity contribution in [2.45, 2.75) is 26.2 Å². The first-order chi connectivity index (χ1) is 10.1. The lowest BCUT2D eigenvalue weighted by atomic mass is 10.1. The van der Waals surface area contributed by atoms with Crippen LogP contribution in [0.3, 0.4) is 0 Å². The lowest BCUT2D eigenvalue weighted by Crippen LogP contribution is -2.38. The third kappa shape index (κ3) is 3.97. The van der Waals surface area contributed by atoms with Gasteiger partial charge in [-0.1, -0.05) is 0 Å². The number of amides is 1. The number of ketones is 1. The zero-order chi connectivity index (χ0) is 15.2. The highest BCUT2D eigenvalue weighted by Gasteiger charge is 2.18. The van der Waals surface area contributed by atoms with Crippen molar-refractivity contribution < 1.29 is 19.1 Å². The van der Waals surface area contributed by atoms with Crippen molar-refractivity contribution in [2.24, 2.45) is 0 Å². The van der Waals surface area contributed by atoms with Crippen molar-refractivity contribution in [3.05, 3.63) is 23.8 Å². The van der Waals surface area contributed by atoms with Crippen LogP contribution in [-0.2, 0) is 4.79 Å². The minimum Gasteiger partial charge on any atom is -0.497 e.